The molecule has 1 nitrogen and oxygen atoms in total. The number of benzene rings is 1. The smallest absolute Gasteiger partial charge is 0.126 e. The van der Waals surface area contributed by atoms with Gasteiger partial charge in [-0.25, -0.2) is 8.78 Å². The summed E-state index contributed by atoms with van der Waals surface area (Å²) in [4.78, 5) is 0. The van der Waals surface area contributed by atoms with Crippen LogP contribution >= 0.6 is 0 Å². The van der Waals surface area contributed by atoms with Crippen molar-refractivity contribution in [2.45, 2.75) is 52.5 Å². The van der Waals surface area contributed by atoms with E-state index in [1.807, 2.05) is 0 Å². The standard InChI is InChI=1S/C17H25F2N/c1-16(2,3)20-11-17(4,13-5-6-13)10-12-9-14(18)7-8-15(12)19/h7-9,13,20H,5-6,10-11H2,1-4H3. The van der Waals surface area contributed by atoms with Crippen molar-refractivity contribution >= 4 is 0 Å². The molecule has 0 aliphatic heterocycles. The highest BCUT2D eigenvalue weighted by molar-refractivity contribution is 5.21. The Hall–Kier alpha value is -0.960. The maximum atomic E-state index is 13.9. The Morgan fingerprint density at radius 1 is 1.15 bits per heavy atom. The summed E-state index contributed by atoms with van der Waals surface area (Å²) in [6.07, 6.45) is 2.98. The van der Waals surface area contributed by atoms with E-state index in [9.17, 15) is 8.78 Å². The first-order valence-corrected chi connectivity index (χ1v) is 7.39. The van der Waals surface area contributed by atoms with Gasteiger partial charge in [0.25, 0.3) is 0 Å². The fraction of sp³-hybridized carbons (Fsp3) is 0.647. The summed E-state index contributed by atoms with van der Waals surface area (Å²) in [6.45, 7) is 9.40. The molecule has 0 amide bonds. The summed E-state index contributed by atoms with van der Waals surface area (Å²) in [7, 11) is 0. The second kappa shape index (κ2) is 5.44. The molecule has 1 aromatic carbocycles. The lowest BCUT2D eigenvalue weighted by Crippen LogP contribution is -2.44. The van der Waals surface area contributed by atoms with Gasteiger partial charge in [-0.2, -0.15) is 0 Å². The van der Waals surface area contributed by atoms with Crippen LogP contribution in [0.5, 0.6) is 0 Å². The van der Waals surface area contributed by atoms with Gasteiger partial charge >= 0.3 is 0 Å². The highest BCUT2D eigenvalue weighted by Gasteiger charge is 2.42. The molecule has 1 aromatic rings. The van der Waals surface area contributed by atoms with Gasteiger partial charge in [0.1, 0.15) is 11.6 Å². The molecule has 1 N–H and O–H groups in total. The third-order valence-electron chi connectivity index (χ3n) is 4.19. The van der Waals surface area contributed by atoms with Crippen LogP contribution in [0.25, 0.3) is 0 Å². The highest BCUT2D eigenvalue weighted by Crippen LogP contribution is 2.47. The van der Waals surface area contributed by atoms with Gasteiger partial charge in [-0.3, -0.25) is 0 Å². The van der Waals surface area contributed by atoms with E-state index < -0.39 is 0 Å². The first-order chi connectivity index (χ1) is 9.20. The van der Waals surface area contributed by atoms with E-state index in [4.69, 9.17) is 0 Å². The van der Waals surface area contributed by atoms with E-state index in [-0.39, 0.29) is 22.6 Å². The maximum Gasteiger partial charge on any atom is 0.126 e. The van der Waals surface area contributed by atoms with Gasteiger partial charge in [-0.15, -0.1) is 0 Å². The van der Waals surface area contributed by atoms with E-state index >= 15 is 0 Å². The largest absolute Gasteiger partial charge is 0.312 e. The normalized spacial score (nSPS) is 18.9. The number of nitrogens with one attached hydrogen (secondary N) is 1. The summed E-state index contributed by atoms with van der Waals surface area (Å²) in [5.41, 5.74) is 0.522. The summed E-state index contributed by atoms with van der Waals surface area (Å²) in [6, 6.07) is 3.75. The van der Waals surface area contributed by atoms with Crippen LogP contribution in [0.15, 0.2) is 18.2 Å². The monoisotopic (exact) mass is 281 g/mol. The summed E-state index contributed by atoms with van der Waals surface area (Å²) >= 11 is 0. The van der Waals surface area contributed by atoms with Crippen LogP contribution in [0.3, 0.4) is 0 Å². The van der Waals surface area contributed by atoms with Gasteiger partial charge in [0.05, 0.1) is 0 Å². The van der Waals surface area contributed by atoms with Crippen LogP contribution in [0, 0.1) is 23.0 Å². The lowest BCUT2D eigenvalue weighted by Gasteiger charge is -2.34. The molecular formula is C17H25F2N. The molecule has 1 aliphatic rings. The Labute approximate surface area is 120 Å². The van der Waals surface area contributed by atoms with Crippen molar-refractivity contribution in [3.8, 4) is 0 Å². The molecule has 0 bridgehead atoms. The molecule has 2 rings (SSSR count). The number of rotatable bonds is 5. The summed E-state index contributed by atoms with van der Waals surface area (Å²) in [5.74, 6) is -0.0441. The molecule has 112 valence electrons. The molecule has 0 aromatic heterocycles. The molecule has 1 saturated carbocycles. The first-order valence-electron chi connectivity index (χ1n) is 7.39. The van der Waals surface area contributed by atoms with Crippen LogP contribution in [0.1, 0.15) is 46.1 Å². The Morgan fingerprint density at radius 3 is 2.35 bits per heavy atom. The van der Waals surface area contributed by atoms with E-state index in [0.717, 1.165) is 6.54 Å². The molecule has 0 heterocycles. The van der Waals surface area contributed by atoms with E-state index in [0.29, 0.717) is 17.9 Å². The minimum absolute atomic E-state index is 0.0120. The zero-order valence-corrected chi connectivity index (χ0v) is 12.9. The molecular weight excluding hydrogens is 256 g/mol. The number of halogens is 2. The van der Waals surface area contributed by atoms with Crippen molar-refractivity contribution in [1.82, 2.24) is 5.32 Å². The molecule has 1 unspecified atom stereocenters. The Bertz CT molecular complexity index is 474. The molecule has 0 spiro atoms. The van der Waals surface area contributed by atoms with Crippen molar-refractivity contribution in [2.75, 3.05) is 6.54 Å². The Morgan fingerprint density at radius 2 is 1.80 bits per heavy atom. The molecule has 1 atom stereocenters. The van der Waals surface area contributed by atoms with E-state index in [2.05, 4.69) is 33.0 Å². The van der Waals surface area contributed by atoms with Crippen molar-refractivity contribution in [3.05, 3.63) is 35.4 Å². The SMILES string of the molecule is CC(C)(C)NCC(C)(Cc1cc(F)ccc1F)C1CC1. The number of hydrogen-bond acceptors (Lipinski definition) is 1. The van der Waals surface area contributed by atoms with Crippen molar-refractivity contribution in [2.24, 2.45) is 11.3 Å². The maximum absolute atomic E-state index is 13.9. The zero-order valence-electron chi connectivity index (χ0n) is 12.9. The van der Waals surface area contributed by atoms with E-state index in [1.54, 1.807) is 0 Å². The quantitative estimate of drug-likeness (QED) is 0.848. The van der Waals surface area contributed by atoms with Crippen molar-refractivity contribution in [3.63, 3.8) is 0 Å². The van der Waals surface area contributed by atoms with Gasteiger partial charge in [-0.05, 0) is 75.1 Å². The van der Waals surface area contributed by atoms with Gasteiger partial charge in [0.15, 0.2) is 0 Å². The van der Waals surface area contributed by atoms with Gasteiger partial charge in [-0.1, -0.05) is 6.92 Å². The first kappa shape index (κ1) is 15.4. The van der Waals surface area contributed by atoms with Crippen molar-refractivity contribution in [1.29, 1.82) is 0 Å². The summed E-state index contributed by atoms with van der Waals surface area (Å²) < 4.78 is 27.2. The minimum Gasteiger partial charge on any atom is -0.312 e. The minimum atomic E-state index is -0.358. The third-order valence-corrected chi connectivity index (χ3v) is 4.19. The summed E-state index contributed by atoms with van der Waals surface area (Å²) in [5, 5.41) is 3.52. The average molecular weight is 281 g/mol. The van der Waals surface area contributed by atoms with Crippen LogP contribution in [0.4, 0.5) is 8.78 Å². The zero-order chi connectivity index (χ0) is 15.0. The molecule has 3 heteroatoms. The highest BCUT2D eigenvalue weighted by atomic mass is 19.1. The number of hydrogen-bond donors (Lipinski definition) is 1. The van der Waals surface area contributed by atoms with Gasteiger partial charge in [0, 0.05) is 12.1 Å². The van der Waals surface area contributed by atoms with Crippen LogP contribution < -0.4 is 5.32 Å². The second-order valence-electron chi connectivity index (χ2n) is 7.44. The lowest BCUT2D eigenvalue weighted by atomic mass is 9.78. The van der Waals surface area contributed by atoms with Crippen LogP contribution in [-0.4, -0.2) is 12.1 Å². The van der Waals surface area contributed by atoms with Crippen LogP contribution in [-0.2, 0) is 6.42 Å². The predicted octanol–water partition coefficient (Wildman–Crippen LogP) is 4.31. The van der Waals surface area contributed by atoms with Gasteiger partial charge in [0.2, 0.25) is 0 Å². The molecule has 0 radical (unpaired) electrons. The molecule has 1 fully saturated rings. The molecule has 0 saturated heterocycles. The topological polar surface area (TPSA) is 12.0 Å². The second-order valence-corrected chi connectivity index (χ2v) is 7.44. The Kier molecular flexibility index (Phi) is 4.19. The van der Waals surface area contributed by atoms with Crippen LogP contribution in [0.2, 0.25) is 0 Å². The van der Waals surface area contributed by atoms with E-state index in [1.165, 1.54) is 31.0 Å². The fourth-order valence-corrected chi connectivity index (χ4v) is 2.71. The van der Waals surface area contributed by atoms with Gasteiger partial charge < -0.3 is 5.32 Å². The van der Waals surface area contributed by atoms with Crippen molar-refractivity contribution < 1.29 is 8.78 Å². The fourth-order valence-electron chi connectivity index (χ4n) is 2.71. The Balaban J connectivity index is 2.14. The molecule has 1 aliphatic carbocycles. The molecule has 20 heavy (non-hydrogen) atoms. The third kappa shape index (κ3) is 4.02. The predicted molar refractivity (Wildman–Crippen MR) is 78.6 cm³/mol. The average Bonchev–Trinajstić information content (AvgIpc) is 3.15. The lowest BCUT2D eigenvalue weighted by molar-refractivity contribution is 0.225.